The van der Waals surface area contributed by atoms with Crippen LogP contribution in [0.2, 0.25) is 0 Å². The highest BCUT2D eigenvalue weighted by Crippen LogP contribution is 2.26. The number of ether oxygens (including phenoxy) is 1. The summed E-state index contributed by atoms with van der Waals surface area (Å²) in [5, 5.41) is 3.88. The lowest BCUT2D eigenvalue weighted by atomic mass is 9.84. The molecular weight excluding hydrogens is 198 g/mol. The van der Waals surface area contributed by atoms with Gasteiger partial charge in [-0.25, -0.2) is 0 Å². The SMILES string of the molecule is CC1CCCCC1NC(C)C1CCOCC1. The highest BCUT2D eigenvalue weighted by Gasteiger charge is 2.26. The molecule has 0 aromatic carbocycles. The summed E-state index contributed by atoms with van der Waals surface area (Å²) >= 11 is 0. The minimum absolute atomic E-state index is 0.675. The summed E-state index contributed by atoms with van der Waals surface area (Å²) in [5.74, 6) is 1.71. The van der Waals surface area contributed by atoms with Gasteiger partial charge in [0.15, 0.2) is 0 Å². The van der Waals surface area contributed by atoms with Crippen LogP contribution in [0.15, 0.2) is 0 Å². The topological polar surface area (TPSA) is 21.3 Å². The van der Waals surface area contributed by atoms with Crippen LogP contribution >= 0.6 is 0 Å². The Balaban J connectivity index is 1.78. The van der Waals surface area contributed by atoms with Crippen LogP contribution in [0, 0.1) is 11.8 Å². The Morgan fingerprint density at radius 1 is 1.06 bits per heavy atom. The highest BCUT2D eigenvalue weighted by atomic mass is 16.5. The molecule has 3 unspecified atom stereocenters. The van der Waals surface area contributed by atoms with E-state index in [2.05, 4.69) is 19.2 Å². The zero-order valence-corrected chi connectivity index (χ0v) is 10.9. The van der Waals surface area contributed by atoms with E-state index in [0.717, 1.165) is 31.1 Å². The monoisotopic (exact) mass is 225 g/mol. The molecule has 2 fully saturated rings. The summed E-state index contributed by atoms with van der Waals surface area (Å²) in [5.41, 5.74) is 0. The molecule has 0 amide bonds. The number of nitrogens with one attached hydrogen (secondary N) is 1. The third kappa shape index (κ3) is 3.21. The van der Waals surface area contributed by atoms with Gasteiger partial charge in [-0.2, -0.15) is 0 Å². The molecule has 1 saturated heterocycles. The van der Waals surface area contributed by atoms with E-state index in [9.17, 15) is 0 Å². The predicted octanol–water partition coefficient (Wildman–Crippen LogP) is 2.97. The maximum atomic E-state index is 5.43. The van der Waals surface area contributed by atoms with Crippen molar-refractivity contribution in [1.82, 2.24) is 5.32 Å². The fourth-order valence-electron chi connectivity index (χ4n) is 3.25. The molecule has 94 valence electrons. The van der Waals surface area contributed by atoms with Crippen molar-refractivity contribution >= 4 is 0 Å². The fourth-order valence-corrected chi connectivity index (χ4v) is 3.25. The Hall–Kier alpha value is -0.0800. The van der Waals surface area contributed by atoms with Crippen LogP contribution in [-0.4, -0.2) is 25.3 Å². The van der Waals surface area contributed by atoms with E-state index in [1.807, 2.05) is 0 Å². The molecule has 1 aliphatic heterocycles. The molecule has 0 radical (unpaired) electrons. The Labute approximate surface area is 100 Å². The quantitative estimate of drug-likeness (QED) is 0.797. The molecule has 1 N–H and O–H groups in total. The third-order valence-electron chi connectivity index (χ3n) is 4.56. The lowest BCUT2D eigenvalue weighted by Gasteiger charge is -2.36. The standard InChI is InChI=1S/C14H27NO/c1-11-5-3-4-6-14(11)15-12(2)13-7-9-16-10-8-13/h11-15H,3-10H2,1-2H3. The third-order valence-corrected chi connectivity index (χ3v) is 4.56. The van der Waals surface area contributed by atoms with E-state index in [0.29, 0.717) is 6.04 Å². The molecule has 3 atom stereocenters. The molecule has 2 rings (SSSR count). The van der Waals surface area contributed by atoms with Crippen molar-refractivity contribution in [3.63, 3.8) is 0 Å². The van der Waals surface area contributed by atoms with E-state index in [1.54, 1.807) is 0 Å². The van der Waals surface area contributed by atoms with Crippen LogP contribution in [0.25, 0.3) is 0 Å². The van der Waals surface area contributed by atoms with E-state index >= 15 is 0 Å². The summed E-state index contributed by atoms with van der Waals surface area (Å²) in [6, 6.07) is 1.45. The van der Waals surface area contributed by atoms with Gasteiger partial charge in [-0.05, 0) is 44.4 Å². The Morgan fingerprint density at radius 3 is 2.44 bits per heavy atom. The van der Waals surface area contributed by atoms with Gasteiger partial charge in [0.2, 0.25) is 0 Å². The second-order valence-electron chi connectivity index (χ2n) is 5.77. The number of hydrogen-bond acceptors (Lipinski definition) is 2. The van der Waals surface area contributed by atoms with E-state index in [1.165, 1.54) is 38.5 Å². The van der Waals surface area contributed by atoms with E-state index in [-0.39, 0.29) is 0 Å². The van der Waals surface area contributed by atoms with Crippen LogP contribution < -0.4 is 5.32 Å². The second kappa shape index (κ2) is 6.02. The second-order valence-corrected chi connectivity index (χ2v) is 5.77. The van der Waals surface area contributed by atoms with Crippen LogP contribution in [0.4, 0.5) is 0 Å². The fraction of sp³-hybridized carbons (Fsp3) is 1.00. The van der Waals surface area contributed by atoms with Crippen molar-refractivity contribution < 1.29 is 4.74 Å². The Bertz CT molecular complexity index is 201. The first-order valence-electron chi connectivity index (χ1n) is 7.11. The van der Waals surface area contributed by atoms with Crippen LogP contribution in [0.5, 0.6) is 0 Å². The minimum atomic E-state index is 0.675. The predicted molar refractivity (Wildman–Crippen MR) is 67.6 cm³/mol. The average Bonchev–Trinajstić information content (AvgIpc) is 2.33. The van der Waals surface area contributed by atoms with Crippen molar-refractivity contribution in [1.29, 1.82) is 0 Å². The van der Waals surface area contributed by atoms with Crippen LogP contribution in [0.1, 0.15) is 52.4 Å². The summed E-state index contributed by atoms with van der Waals surface area (Å²) in [4.78, 5) is 0. The van der Waals surface area contributed by atoms with Gasteiger partial charge in [0.1, 0.15) is 0 Å². The average molecular weight is 225 g/mol. The van der Waals surface area contributed by atoms with Crippen LogP contribution in [-0.2, 0) is 4.74 Å². The van der Waals surface area contributed by atoms with E-state index in [4.69, 9.17) is 4.74 Å². The molecule has 0 spiro atoms. The van der Waals surface area contributed by atoms with Gasteiger partial charge >= 0.3 is 0 Å². The first-order valence-corrected chi connectivity index (χ1v) is 7.11. The minimum Gasteiger partial charge on any atom is -0.381 e. The maximum Gasteiger partial charge on any atom is 0.0469 e. The number of rotatable bonds is 3. The first kappa shape index (κ1) is 12.4. The maximum absolute atomic E-state index is 5.43. The zero-order valence-electron chi connectivity index (χ0n) is 10.9. The molecule has 0 bridgehead atoms. The molecule has 0 aromatic rings. The van der Waals surface area contributed by atoms with Gasteiger partial charge in [-0.3, -0.25) is 0 Å². The number of hydrogen-bond donors (Lipinski definition) is 1. The Kier molecular flexibility index (Phi) is 4.66. The molecule has 2 nitrogen and oxygen atoms in total. The summed E-state index contributed by atoms with van der Waals surface area (Å²) in [6.45, 7) is 6.72. The van der Waals surface area contributed by atoms with Crippen molar-refractivity contribution in [2.75, 3.05) is 13.2 Å². The van der Waals surface area contributed by atoms with Crippen molar-refractivity contribution in [3.8, 4) is 0 Å². The lowest BCUT2D eigenvalue weighted by Crippen LogP contribution is -2.46. The van der Waals surface area contributed by atoms with E-state index < -0.39 is 0 Å². The first-order chi connectivity index (χ1) is 7.77. The summed E-state index contributed by atoms with van der Waals surface area (Å²) in [6.07, 6.45) is 8.14. The smallest absolute Gasteiger partial charge is 0.0469 e. The molecular formula is C14H27NO. The molecule has 1 saturated carbocycles. The molecule has 2 aliphatic rings. The summed E-state index contributed by atoms with van der Waals surface area (Å²) in [7, 11) is 0. The normalized spacial score (nSPS) is 34.9. The molecule has 16 heavy (non-hydrogen) atoms. The van der Waals surface area contributed by atoms with Gasteiger partial charge < -0.3 is 10.1 Å². The molecule has 2 heteroatoms. The van der Waals surface area contributed by atoms with Gasteiger partial charge in [-0.1, -0.05) is 19.8 Å². The largest absolute Gasteiger partial charge is 0.381 e. The zero-order chi connectivity index (χ0) is 11.4. The van der Waals surface area contributed by atoms with Crippen molar-refractivity contribution in [2.45, 2.75) is 64.5 Å². The molecule has 1 heterocycles. The lowest BCUT2D eigenvalue weighted by molar-refractivity contribution is 0.0522. The van der Waals surface area contributed by atoms with Crippen LogP contribution in [0.3, 0.4) is 0 Å². The molecule has 1 aliphatic carbocycles. The van der Waals surface area contributed by atoms with Gasteiger partial charge in [0, 0.05) is 25.3 Å². The van der Waals surface area contributed by atoms with Gasteiger partial charge in [0.05, 0.1) is 0 Å². The van der Waals surface area contributed by atoms with Crippen molar-refractivity contribution in [2.24, 2.45) is 11.8 Å². The van der Waals surface area contributed by atoms with Crippen molar-refractivity contribution in [3.05, 3.63) is 0 Å². The highest BCUT2D eigenvalue weighted by molar-refractivity contribution is 4.83. The van der Waals surface area contributed by atoms with Gasteiger partial charge in [0.25, 0.3) is 0 Å². The summed E-state index contributed by atoms with van der Waals surface area (Å²) < 4.78 is 5.43. The molecule has 0 aromatic heterocycles. The van der Waals surface area contributed by atoms with Gasteiger partial charge in [-0.15, -0.1) is 0 Å². The Morgan fingerprint density at radius 2 is 1.75 bits per heavy atom.